The van der Waals surface area contributed by atoms with Crippen LogP contribution in [-0.4, -0.2) is 0 Å². The van der Waals surface area contributed by atoms with Crippen molar-refractivity contribution in [2.45, 2.75) is 13.3 Å². The summed E-state index contributed by atoms with van der Waals surface area (Å²) in [4.78, 5) is 0. The van der Waals surface area contributed by atoms with Gasteiger partial charge in [0.15, 0.2) is 0 Å². The van der Waals surface area contributed by atoms with Crippen molar-refractivity contribution < 1.29 is 13.6 Å². The van der Waals surface area contributed by atoms with Gasteiger partial charge in [-0.05, 0) is 36.2 Å². The Bertz CT molecular complexity index is 569. The maximum Gasteiger partial charge on any atom is 0.530 e. The maximum absolute atomic E-state index is 12.0. The molecule has 0 fully saturated rings. The Kier molecular flexibility index (Phi) is 4.52. The Labute approximate surface area is 117 Å². The van der Waals surface area contributed by atoms with Gasteiger partial charge in [-0.25, -0.2) is 4.57 Å². The lowest BCUT2D eigenvalue weighted by Gasteiger charge is -2.13. The Morgan fingerprint density at radius 1 is 0.947 bits per heavy atom. The largest absolute Gasteiger partial charge is 0.530 e. The fraction of sp³-hybridized carbons (Fsp3) is 0.143. The molecule has 100 valence electrons. The third-order valence-electron chi connectivity index (χ3n) is 2.50. The van der Waals surface area contributed by atoms with Crippen molar-refractivity contribution in [3.05, 3.63) is 60.2 Å². The minimum Gasteiger partial charge on any atom is -0.405 e. The van der Waals surface area contributed by atoms with Gasteiger partial charge in [0.2, 0.25) is 0 Å². The summed E-state index contributed by atoms with van der Waals surface area (Å²) in [6, 6.07) is 15.9. The molecule has 2 aromatic carbocycles. The van der Waals surface area contributed by atoms with Crippen molar-refractivity contribution in [1.29, 1.82) is 0 Å². The Morgan fingerprint density at radius 3 is 2.00 bits per heavy atom. The zero-order valence-corrected chi connectivity index (χ0v) is 12.1. The third-order valence-corrected chi connectivity index (χ3v) is 3.78. The molecule has 2 aromatic rings. The number of hydrogen-bond donors (Lipinski definition) is 0. The summed E-state index contributed by atoms with van der Waals surface area (Å²) in [5, 5.41) is 0. The molecule has 0 aliphatic rings. The predicted molar refractivity (Wildman–Crippen MR) is 77.0 cm³/mol. The SMILES string of the molecule is CCc1ccc(OP(=O)(Cl)Oc2ccccc2)cc1. The van der Waals surface area contributed by atoms with Crippen molar-refractivity contribution >= 4 is 18.2 Å². The molecule has 0 aliphatic heterocycles. The predicted octanol–water partition coefficient (Wildman–Crippen LogP) is 5.05. The minimum absolute atomic E-state index is 0.408. The van der Waals surface area contributed by atoms with E-state index in [2.05, 4.69) is 6.92 Å². The molecule has 0 aliphatic carbocycles. The van der Waals surface area contributed by atoms with Crippen LogP contribution in [0.25, 0.3) is 0 Å². The van der Waals surface area contributed by atoms with Gasteiger partial charge in [0, 0.05) is 11.2 Å². The van der Waals surface area contributed by atoms with E-state index in [0.29, 0.717) is 11.5 Å². The maximum atomic E-state index is 12.0. The number of rotatable bonds is 5. The van der Waals surface area contributed by atoms with Crippen LogP contribution in [0.5, 0.6) is 11.5 Å². The first-order chi connectivity index (χ1) is 9.09. The van der Waals surface area contributed by atoms with Crippen molar-refractivity contribution in [1.82, 2.24) is 0 Å². The van der Waals surface area contributed by atoms with Gasteiger partial charge in [0.1, 0.15) is 11.5 Å². The van der Waals surface area contributed by atoms with E-state index in [1.165, 1.54) is 5.56 Å². The molecule has 2 rings (SSSR count). The third kappa shape index (κ3) is 4.30. The molecule has 5 heteroatoms. The molecule has 0 amide bonds. The van der Waals surface area contributed by atoms with Gasteiger partial charge in [-0.2, -0.15) is 0 Å². The molecule has 1 atom stereocenters. The zero-order chi connectivity index (χ0) is 13.7. The second-order valence-corrected chi connectivity index (χ2v) is 6.39. The number of para-hydroxylation sites is 1. The molecular formula is C14H14ClO3P. The highest BCUT2D eigenvalue weighted by Gasteiger charge is 2.24. The smallest absolute Gasteiger partial charge is 0.405 e. The van der Waals surface area contributed by atoms with Crippen LogP contribution >= 0.6 is 18.2 Å². The second kappa shape index (κ2) is 6.14. The zero-order valence-electron chi connectivity index (χ0n) is 10.5. The lowest BCUT2D eigenvalue weighted by Crippen LogP contribution is -1.95. The van der Waals surface area contributed by atoms with Gasteiger partial charge < -0.3 is 9.05 Å². The Balaban J connectivity index is 2.06. The first-order valence-electron chi connectivity index (χ1n) is 5.92. The lowest BCUT2D eigenvalue weighted by molar-refractivity contribution is 0.406. The molecule has 0 aromatic heterocycles. The molecule has 0 heterocycles. The molecular weight excluding hydrogens is 283 g/mol. The number of benzene rings is 2. The minimum atomic E-state index is -3.69. The van der Waals surface area contributed by atoms with Crippen molar-refractivity contribution in [3.8, 4) is 11.5 Å². The summed E-state index contributed by atoms with van der Waals surface area (Å²) < 4.78 is 22.4. The molecule has 0 bridgehead atoms. The molecule has 0 radical (unpaired) electrons. The van der Waals surface area contributed by atoms with E-state index in [4.69, 9.17) is 20.3 Å². The lowest BCUT2D eigenvalue weighted by atomic mass is 10.2. The summed E-state index contributed by atoms with van der Waals surface area (Å²) in [6.45, 7) is -1.63. The van der Waals surface area contributed by atoms with E-state index < -0.39 is 6.95 Å². The van der Waals surface area contributed by atoms with Crippen molar-refractivity contribution in [2.75, 3.05) is 0 Å². The van der Waals surface area contributed by atoms with Crippen LogP contribution in [0.1, 0.15) is 12.5 Å². The van der Waals surface area contributed by atoms with Crippen LogP contribution in [0.3, 0.4) is 0 Å². The molecule has 19 heavy (non-hydrogen) atoms. The summed E-state index contributed by atoms with van der Waals surface area (Å²) in [7, 11) is 0. The van der Waals surface area contributed by atoms with Gasteiger partial charge in [-0.15, -0.1) is 0 Å². The summed E-state index contributed by atoms with van der Waals surface area (Å²) in [6.07, 6.45) is 0.930. The molecule has 3 nitrogen and oxygen atoms in total. The fourth-order valence-corrected chi connectivity index (χ4v) is 2.80. The molecule has 0 N–H and O–H groups in total. The first kappa shape index (κ1) is 14.0. The highest BCUT2D eigenvalue weighted by Crippen LogP contribution is 2.53. The van der Waals surface area contributed by atoms with E-state index in [1.54, 1.807) is 36.4 Å². The van der Waals surface area contributed by atoms with E-state index >= 15 is 0 Å². The van der Waals surface area contributed by atoms with Crippen molar-refractivity contribution in [3.63, 3.8) is 0 Å². The molecule has 0 saturated heterocycles. The van der Waals surface area contributed by atoms with Crippen molar-refractivity contribution in [2.24, 2.45) is 0 Å². The fourth-order valence-electron chi connectivity index (χ4n) is 1.54. The van der Waals surface area contributed by atoms with E-state index in [-0.39, 0.29) is 0 Å². The normalized spacial score (nSPS) is 13.6. The van der Waals surface area contributed by atoms with Gasteiger partial charge >= 0.3 is 6.95 Å². The first-order valence-corrected chi connectivity index (χ1v) is 8.37. The van der Waals surface area contributed by atoms with Crippen LogP contribution in [0, 0.1) is 0 Å². The van der Waals surface area contributed by atoms with Crippen LogP contribution in [0.2, 0.25) is 0 Å². The number of halogens is 1. The summed E-state index contributed by atoms with van der Waals surface area (Å²) in [5.41, 5.74) is 1.17. The highest BCUT2D eigenvalue weighted by atomic mass is 35.7. The summed E-state index contributed by atoms with van der Waals surface area (Å²) >= 11 is 5.79. The topological polar surface area (TPSA) is 35.5 Å². The van der Waals surface area contributed by atoms with Crippen LogP contribution in [0.15, 0.2) is 54.6 Å². The molecule has 0 saturated carbocycles. The van der Waals surface area contributed by atoms with Crippen LogP contribution in [0.4, 0.5) is 0 Å². The standard InChI is InChI=1S/C14H14ClO3P/c1-2-12-8-10-14(11-9-12)18-19(15,16)17-13-6-4-3-5-7-13/h3-11H,2H2,1H3. The number of hydrogen-bond acceptors (Lipinski definition) is 3. The van der Waals surface area contributed by atoms with Gasteiger partial charge in [-0.3, -0.25) is 0 Å². The monoisotopic (exact) mass is 296 g/mol. The molecule has 0 spiro atoms. The van der Waals surface area contributed by atoms with Gasteiger partial charge in [0.25, 0.3) is 0 Å². The van der Waals surface area contributed by atoms with Gasteiger partial charge in [0.05, 0.1) is 0 Å². The number of aryl methyl sites for hydroxylation is 1. The van der Waals surface area contributed by atoms with Crippen LogP contribution < -0.4 is 9.05 Å². The van der Waals surface area contributed by atoms with Crippen LogP contribution in [-0.2, 0) is 11.0 Å². The molecule has 1 unspecified atom stereocenters. The highest BCUT2D eigenvalue weighted by molar-refractivity contribution is 7.82. The Hall–Kier alpha value is -1.44. The second-order valence-electron chi connectivity index (χ2n) is 3.92. The van der Waals surface area contributed by atoms with E-state index in [1.807, 2.05) is 18.2 Å². The quantitative estimate of drug-likeness (QED) is 0.724. The van der Waals surface area contributed by atoms with Gasteiger partial charge in [-0.1, -0.05) is 37.3 Å². The summed E-state index contributed by atoms with van der Waals surface area (Å²) in [5.74, 6) is 0.831. The van der Waals surface area contributed by atoms with E-state index in [0.717, 1.165) is 6.42 Å². The average molecular weight is 297 g/mol. The van der Waals surface area contributed by atoms with E-state index in [9.17, 15) is 4.57 Å². The average Bonchev–Trinajstić information content (AvgIpc) is 2.39. The Morgan fingerprint density at radius 2 is 1.47 bits per heavy atom.